The van der Waals surface area contributed by atoms with Crippen molar-refractivity contribution < 1.29 is 17.1 Å². The summed E-state index contributed by atoms with van der Waals surface area (Å²) in [6.45, 7) is 19.9. The molecule has 0 aromatic heterocycles. The summed E-state index contributed by atoms with van der Waals surface area (Å²) in [5, 5.41) is 0. The summed E-state index contributed by atoms with van der Waals surface area (Å²) in [6, 6.07) is 3.14. The smallest absolute Gasteiger partial charge is 0.416 e. The molecule has 0 saturated heterocycles. The van der Waals surface area contributed by atoms with Crippen LogP contribution < -0.4 is 0 Å². The van der Waals surface area contributed by atoms with Gasteiger partial charge in [-0.05, 0) is 57.4 Å². The summed E-state index contributed by atoms with van der Waals surface area (Å²) >= 11 is 0. The Labute approximate surface area is 165 Å². The summed E-state index contributed by atoms with van der Waals surface area (Å²) < 4.78 is 20.3. The van der Waals surface area contributed by atoms with Gasteiger partial charge in [-0.1, -0.05) is 40.0 Å². The van der Waals surface area contributed by atoms with E-state index in [0.29, 0.717) is 0 Å². The van der Waals surface area contributed by atoms with Crippen LogP contribution in [0.1, 0.15) is 40.0 Å². The fourth-order valence-electron chi connectivity index (χ4n) is 3.51. The van der Waals surface area contributed by atoms with Gasteiger partial charge in [0.05, 0.1) is 0 Å². The second kappa shape index (κ2) is 11.2. The van der Waals surface area contributed by atoms with Crippen molar-refractivity contribution in [2.75, 3.05) is 6.17 Å². The first kappa shape index (κ1) is 26.1. The third-order valence-electron chi connectivity index (χ3n) is 4.19. The van der Waals surface area contributed by atoms with Gasteiger partial charge in [0, 0.05) is 0 Å². The van der Waals surface area contributed by atoms with Gasteiger partial charge in [0.2, 0.25) is 6.08 Å². The fourth-order valence-corrected chi connectivity index (χ4v) is 21.1. The highest BCUT2D eigenvalue weighted by Gasteiger charge is 2.52. The van der Waals surface area contributed by atoms with Gasteiger partial charge in [0.15, 0.2) is 25.0 Å². The summed E-state index contributed by atoms with van der Waals surface area (Å²) in [5.74, 6) is 0. The maximum absolute atomic E-state index is 10.9. The third-order valence-corrected chi connectivity index (χ3v) is 20.2. The number of isocyanates is 1. The standard InChI is InChI=1S/C17H41NO4Si4/c1-10-13-23(4,5)20-26(17-18-16-19,21-24(6,7)14-11-2)22-25(8,9)15-12-3/h10-15,17H2,1-9H3. The topological polar surface area (TPSA) is 57.1 Å². The average molecular weight is 436 g/mol. The molecule has 154 valence electrons. The van der Waals surface area contributed by atoms with E-state index in [1.54, 1.807) is 6.08 Å². The minimum absolute atomic E-state index is 0.205. The van der Waals surface area contributed by atoms with E-state index in [9.17, 15) is 4.79 Å². The zero-order valence-electron chi connectivity index (χ0n) is 18.5. The molecule has 26 heavy (non-hydrogen) atoms. The van der Waals surface area contributed by atoms with Gasteiger partial charge in [-0.25, -0.2) is 9.79 Å². The van der Waals surface area contributed by atoms with Gasteiger partial charge in [0.1, 0.15) is 6.17 Å². The van der Waals surface area contributed by atoms with E-state index >= 15 is 0 Å². The molecule has 0 aromatic carbocycles. The van der Waals surface area contributed by atoms with E-state index < -0.39 is 33.8 Å². The minimum atomic E-state index is -3.08. The zero-order valence-corrected chi connectivity index (χ0v) is 22.5. The minimum Gasteiger partial charge on any atom is -0.416 e. The van der Waals surface area contributed by atoms with Gasteiger partial charge in [0.25, 0.3) is 0 Å². The van der Waals surface area contributed by atoms with Crippen LogP contribution in [0.2, 0.25) is 57.4 Å². The van der Waals surface area contributed by atoms with Gasteiger partial charge >= 0.3 is 8.80 Å². The number of hydrogen-bond donors (Lipinski definition) is 0. The van der Waals surface area contributed by atoms with Crippen molar-refractivity contribution in [1.82, 2.24) is 0 Å². The summed E-state index contributed by atoms with van der Waals surface area (Å²) in [4.78, 5) is 14.8. The third kappa shape index (κ3) is 10.5. The highest BCUT2D eigenvalue weighted by molar-refractivity contribution is 6.90. The quantitative estimate of drug-likeness (QED) is 0.200. The molecule has 0 saturated carbocycles. The van der Waals surface area contributed by atoms with Crippen LogP contribution in [0.3, 0.4) is 0 Å². The number of aliphatic imine (C=N–C) groups is 1. The van der Waals surface area contributed by atoms with Crippen molar-refractivity contribution >= 4 is 39.8 Å². The molecular formula is C17H41NO4Si4. The van der Waals surface area contributed by atoms with Crippen molar-refractivity contribution in [2.45, 2.75) is 97.4 Å². The fraction of sp³-hybridized carbons (Fsp3) is 0.941. The molecule has 0 heterocycles. The highest BCUT2D eigenvalue weighted by atomic mass is 28.5. The van der Waals surface area contributed by atoms with E-state index in [1.807, 2.05) is 0 Å². The Hall–Kier alpha value is 0.128. The van der Waals surface area contributed by atoms with Crippen molar-refractivity contribution in [3.05, 3.63) is 0 Å². The molecule has 0 rings (SSSR count). The van der Waals surface area contributed by atoms with Crippen LogP contribution in [0.25, 0.3) is 0 Å². The molecule has 0 fully saturated rings. The lowest BCUT2D eigenvalue weighted by Crippen LogP contribution is -2.64. The molecule has 0 N–H and O–H groups in total. The molecule has 0 aliphatic rings. The molecule has 0 radical (unpaired) electrons. The zero-order chi connectivity index (χ0) is 20.5. The van der Waals surface area contributed by atoms with E-state index in [1.165, 1.54) is 0 Å². The van der Waals surface area contributed by atoms with Gasteiger partial charge in [-0.2, -0.15) is 0 Å². The van der Waals surface area contributed by atoms with Crippen molar-refractivity contribution in [2.24, 2.45) is 4.99 Å². The molecule has 0 unspecified atom stereocenters. The monoisotopic (exact) mass is 435 g/mol. The van der Waals surface area contributed by atoms with Crippen LogP contribution in [0.4, 0.5) is 0 Å². The maximum atomic E-state index is 10.9. The number of hydrogen-bond acceptors (Lipinski definition) is 5. The SMILES string of the molecule is CCC[Si](C)(C)O[Si](CN=C=O)(O[Si](C)(C)CCC)O[Si](C)(C)CCC. The van der Waals surface area contributed by atoms with Crippen molar-refractivity contribution in [3.8, 4) is 0 Å². The Morgan fingerprint density at radius 3 is 1.23 bits per heavy atom. The molecule has 0 bridgehead atoms. The predicted octanol–water partition coefficient (Wildman–Crippen LogP) is 5.70. The lowest BCUT2D eigenvalue weighted by molar-refractivity contribution is 0.249. The van der Waals surface area contributed by atoms with E-state index in [-0.39, 0.29) is 6.17 Å². The van der Waals surface area contributed by atoms with Crippen LogP contribution in [0.15, 0.2) is 4.99 Å². The van der Waals surface area contributed by atoms with E-state index in [4.69, 9.17) is 12.3 Å². The Morgan fingerprint density at radius 1 is 0.692 bits per heavy atom. The molecule has 0 aromatic rings. The summed E-state index contributed by atoms with van der Waals surface area (Å²) in [5.41, 5.74) is 0. The average Bonchev–Trinajstić information content (AvgIpc) is 2.42. The van der Waals surface area contributed by atoms with Gasteiger partial charge < -0.3 is 12.3 Å². The molecular weight excluding hydrogens is 395 g/mol. The summed E-state index contributed by atoms with van der Waals surface area (Å²) in [7, 11) is -8.98. The van der Waals surface area contributed by atoms with Crippen molar-refractivity contribution in [3.63, 3.8) is 0 Å². The second-order valence-electron chi connectivity index (χ2n) is 8.93. The number of rotatable bonds is 14. The first-order valence-electron chi connectivity index (χ1n) is 10.0. The Morgan fingerprint density at radius 2 is 1.00 bits per heavy atom. The van der Waals surface area contributed by atoms with Crippen LogP contribution >= 0.6 is 0 Å². The highest BCUT2D eigenvalue weighted by Crippen LogP contribution is 2.31. The Kier molecular flexibility index (Phi) is 11.3. The lowest BCUT2D eigenvalue weighted by atomic mass is 10.6. The van der Waals surface area contributed by atoms with Gasteiger partial charge in [-0.15, -0.1) is 0 Å². The van der Waals surface area contributed by atoms with Crippen LogP contribution in [0, 0.1) is 0 Å². The Balaban J connectivity index is 5.94. The predicted molar refractivity (Wildman–Crippen MR) is 120 cm³/mol. The van der Waals surface area contributed by atoms with E-state index in [2.05, 4.69) is 65.0 Å². The Bertz CT molecular complexity index is 415. The number of nitrogens with zero attached hydrogens (tertiary/aromatic N) is 1. The largest absolute Gasteiger partial charge is 0.493 e. The molecule has 0 amide bonds. The lowest BCUT2D eigenvalue weighted by Gasteiger charge is -2.44. The van der Waals surface area contributed by atoms with Crippen LogP contribution in [-0.4, -0.2) is 46.0 Å². The number of carbonyl (C=O) groups excluding carboxylic acids is 1. The molecule has 0 spiro atoms. The molecule has 0 aliphatic carbocycles. The van der Waals surface area contributed by atoms with Gasteiger partial charge in [-0.3, -0.25) is 0 Å². The van der Waals surface area contributed by atoms with Crippen molar-refractivity contribution in [1.29, 1.82) is 0 Å². The molecule has 9 heteroatoms. The first-order valence-corrected chi connectivity index (χ1v) is 21.3. The molecule has 5 nitrogen and oxygen atoms in total. The molecule has 0 atom stereocenters. The normalized spacial score (nSPS) is 13.6. The van der Waals surface area contributed by atoms with Crippen LogP contribution in [0.5, 0.6) is 0 Å². The van der Waals surface area contributed by atoms with E-state index in [0.717, 1.165) is 37.4 Å². The van der Waals surface area contributed by atoms with Crippen LogP contribution in [-0.2, 0) is 17.1 Å². The maximum Gasteiger partial charge on any atom is 0.493 e. The summed E-state index contributed by atoms with van der Waals surface area (Å²) in [6.07, 6.45) is 5.12. The first-order chi connectivity index (χ1) is 11.9. The molecule has 0 aliphatic heterocycles. The second-order valence-corrected chi connectivity index (χ2v) is 25.1.